The van der Waals surface area contributed by atoms with Crippen LogP contribution in [-0.4, -0.2) is 28.2 Å². The summed E-state index contributed by atoms with van der Waals surface area (Å²) in [7, 11) is 0. The van der Waals surface area contributed by atoms with Crippen LogP contribution < -0.4 is 5.32 Å². The Morgan fingerprint density at radius 3 is 2.81 bits per heavy atom. The molecular formula is C11H18ClN3O. The van der Waals surface area contributed by atoms with Gasteiger partial charge in [0.1, 0.15) is 17.3 Å². The van der Waals surface area contributed by atoms with Crippen molar-refractivity contribution in [1.29, 1.82) is 0 Å². The fraction of sp³-hybridized carbons (Fsp3) is 0.636. The number of anilines is 1. The van der Waals surface area contributed by atoms with E-state index in [9.17, 15) is 0 Å². The van der Waals surface area contributed by atoms with Crippen LogP contribution in [0.25, 0.3) is 0 Å². The van der Waals surface area contributed by atoms with E-state index in [0.29, 0.717) is 5.15 Å². The monoisotopic (exact) mass is 243 g/mol. The topological polar surface area (TPSA) is 58.0 Å². The number of rotatable bonds is 7. The van der Waals surface area contributed by atoms with Gasteiger partial charge in [-0.15, -0.1) is 0 Å². The van der Waals surface area contributed by atoms with Crippen molar-refractivity contribution in [2.45, 2.75) is 32.6 Å². The molecule has 0 bridgehead atoms. The van der Waals surface area contributed by atoms with Gasteiger partial charge in [-0.3, -0.25) is 0 Å². The van der Waals surface area contributed by atoms with E-state index in [1.54, 1.807) is 0 Å². The van der Waals surface area contributed by atoms with Crippen LogP contribution in [0.4, 0.5) is 5.82 Å². The highest BCUT2D eigenvalue weighted by atomic mass is 35.5. The number of nitrogens with one attached hydrogen (secondary N) is 1. The highest BCUT2D eigenvalue weighted by Crippen LogP contribution is 2.19. The van der Waals surface area contributed by atoms with Gasteiger partial charge < -0.3 is 10.4 Å². The highest BCUT2D eigenvalue weighted by molar-refractivity contribution is 6.30. The third-order valence-electron chi connectivity index (χ3n) is 2.37. The second-order valence-corrected chi connectivity index (χ2v) is 3.91. The first-order valence-electron chi connectivity index (χ1n) is 5.63. The normalized spacial score (nSPS) is 10.4. The molecule has 16 heavy (non-hydrogen) atoms. The predicted octanol–water partition coefficient (Wildman–Crippen LogP) is 2.27. The van der Waals surface area contributed by atoms with Crippen molar-refractivity contribution in [2.24, 2.45) is 0 Å². The Morgan fingerprint density at radius 1 is 1.31 bits per heavy atom. The third-order valence-corrected chi connectivity index (χ3v) is 2.70. The zero-order valence-electron chi connectivity index (χ0n) is 9.54. The molecule has 5 heteroatoms. The number of aromatic nitrogens is 2. The van der Waals surface area contributed by atoms with Gasteiger partial charge in [-0.05, 0) is 25.7 Å². The van der Waals surface area contributed by atoms with E-state index in [1.807, 2.05) is 6.92 Å². The molecule has 0 aliphatic rings. The summed E-state index contributed by atoms with van der Waals surface area (Å²) in [6, 6.07) is 0. The van der Waals surface area contributed by atoms with Crippen LogP contribution in [0.5, 0.6) is 0 Å². The molecule has 0 aromatic carbocycles. The van der Waals surface area contributed by atoms with E-state index in [-0.39, 0.29) is 6.61 Å². The average molecular weight is 244 g/mol. The fourth-order valence-electron chi connectivity index (χ4n) is 1.48. The second-order valence-electron chi connectivity index (χ2n) is 3.56. The van der Waals surface area contributed by atoms with E-state index in [4.69, 9.17) is 16.7 Å². The van der Waals surface area contributed by atoms with E-state index < -0.39 is 0 Å². The summed E-state index contributed by atoms with van der Waals surface area (Å²) < 4.78 is 0. The minimum absolute atomic E-state index is 0.263. The molecule has 0 fully saturated rings. The lowest BCUT2D eigenvalue weighted by Gasteiger charge is -2.09. The van der Waals surface area contributed by atoms with Crippen molar-refractivity contribution < 1.29 is 5.11 Å². The molecule has 0 radical (unpaired) electrons. The van der Waals surface area contributed by atoms with Crippen molar-refractivity contribution in [3.05, 3.63) is 17.0 Å². The summed E-state index contributed by atoms with van der Waals surface area (Å²) in [6.07, 6.45) is 5.18. The van der Waals surface area contributed by atoms with Gasteiger partial charge in [0.15, 0.2) is 0 Å². The Morgan fingerprint density at radius 2 is 2.12 bits per heavy atom. The number of halogens is 1. The van der Waals surface area contributed by atoms with Crippen LogP contribution in [0.15, 0.2) is 6.33 Å². The maximum Gasteiger partial charge on any atom is 0.137 e. The molecule has 1 aromatic heterocycles. The van der Waals surface area contributed by atoms with Gasteiger partial charge >= 0.3 is 0 Å². The summed E-state index contributed by atoms with van der Waals surface area (Å²) in [5.41, 5.74) is 0.964. The van der Waals surface area contributed by atoms with Gasteiger partial charge in [-0.25, -0.2) is 9.97 Å². The van der Waals surface area contributed by atoms with Gasteiger partial charge in [0.25, 0.3) is 0 Å². The Kier molecular flexibility index (Phi) is 6.11. The number of nitrogens with zero attached hydrogens (tertiary/aromatic N) is 2. The largest absolute Gasteiger partial charge is 0.396 e. The molecule has 1 aromatic rings. The molecular weight excluding hydrogens is 226 g/mol. The Balaban J connectivity index is 2.44. The smallest absolute Gasteiger partial charge is 0.137 e. The molecule has 0 atom stereocenters. The molecule has 0 saturated heterocycles. The summed E-state index contributed by atoms with van der Waals surface area (Å²) in [6.45, 7) is 3.14. The maximum atomic E-state index is 8.64. The fourth-order valence-corrected chi connectivity index (χ4v) is 1.74. The molecule has 4 nitrogen and oxygen atoms in total. The molecule has 0 aliphatic heterocycles. The molecule has 0 saturated carbocycles. The van der Waals surface area contributed by atoms with E-state index in [2.05, 4.69) is 15.3 Å². The van der Waals surface area contributed by atoms with Gasteiger partial charge in [0, 0.05) is 18.7 Å². The van der Waals surface area contributed by atoms with E-state index in [0.717, 1.165) is 43.6 Å². The lowest BCUT2D eigenvalue weighted by Crippen LogP contribution is -2.07. The van der Waals surface area contributed by atoms with Crippen molar-refractivity contribution in [2.75, 3.05) is 18.5 Å². The van der Waals surface area contributed by atoms with Crippen LogP contribution in [0, 0.1) is 0 Å². The van der Waals surface area contributed by atoms with Crippen LogP contribution in [0.1, 0.15) is 31.7 Å². The molecule has 0 amide bonds. The van der Waals surface area contributed by atoms with Gasteiger partial charge in [-0.1, -0.05) is 18.5 Å². The van der Waals surface area contributed by atoms with Crippen molar-refractivity contribution in [3.8, 4) is 0 Å². The Bertz CT molecular complexity index is 320. The number of aliphatic hydroxyl groups excluding tert-OH is 1. The first-order chi connectivity index (χ1) is 7.79. The van der Waals surface area contributed by atoms with Crippen molar-refractivity contribution in [1.82, 2.24) is 9.97 Å². The molecule has 90 valence electrons. The molecule has 0 aliphatic carbocycles. The summed E-state index contributed by atoms with van der Waals surface area (Å²) in [5, 5.41) is 12.4. The molecule has 1 rings (SSSR count). The highest BCUT2D eigenvalue weighted by Gasteiger charge is 2.06. The SMILES string of the molecule is CCc1c(Cl)ncnc1NCCCCCO. The van der Waals surface area contributed by atoms with Crippen LogP contribution in [0.3, 0.4) is 0 Å². The van der Waals surface area contributed by atoms with Crippen LogP contribution in [-0.2, 0) is 6.42 Å². The summed E-state index contributed by atoms with van der Waals surface area (Å²) in [4.78, 5) is 8.12. The molecule has 0 spiro atoms. The number of hydrogen-bond acceptors (Lipinski definition) is 4. The number of aliphatic hydroxyl groups is 1. The summed E-state index contributed by atoms with van der Waals surface area (Å²) in [5.74, 6) is 0.825. The lowest BCUT2D eigenvalue weighted by atomic mass is 10.2. The molecule has 2 N–H and O–H groups in total. The van der Waals surface area contributed by atoms with E-state index >= 15 is 0 Å². The minimum atomic E-state index is 0.263. The minimum Gasteiger partial charge on any atom is -0.396 e. The van der Waals surface area contributed by atoms with Gasteiger partial charge in [0.05, 0.1) is 0 Å². The van der Waals surface area contributed by atoms with Gasteiger partial charge in [-0.2, -0.15) is 0 Å². The standard InChI is InChI=1S/C11H18ClN3O/c1-2-9-10(12)14-8-15-11(9)13-6-4-3-5-7-16/h8,16H,2-7H2,1H3,(H,13,14,15). The van der Waals surface area contributed by atoms with Crippen LogP contribution in [0.2, 0.25) is 5.15 Å². The molecule has 0 unspecified atom stereocenters. The maximum absolute atomic E-state index is 8.64. The number of hydrogen-bond donors (Lipinski definition) is 2. The van der Waals surface area contributed by atoms with Crippen molar-refractivity contribution in [3.63, 3.8) is 0 Å². The first kappa shape index (κ1) is 13.2. The summed E-state index contributed by atoms with van der Waals surface area (Å²) >= 11 is 5.97. The lowest BCUT2D eigenvalue weighted by molar-refractivity contribution is 0.283. The zero-order valence-corrected chi connectivity index (χ0v) is 10.3. The predicted molar refractivity (Wildman–Crippen MR) is 65.8 cm³/mol. The number of unbranched alkanes of at least 4 members (excludes halogenated alkanes) is 2. The Hall–Kier alpha value is -0.870. The van der Waals surface area contributed by atoms with Crippen LogP contribution >= 0.6 is 11.6 Å². The molecule has 1 heterocycles. The van der Waals surface area contributed by atoms with E-state index in [1.165, 1.54) is 6.33 Å². The average Bonchev–Trinajstić information content (AvgIpc) is 2.29. The van der Waals surface area contributed by atoms with Crippen molar-refractivity contribution >= 4 is 17.4 Å². The first-order valence-corrected chi connectivity index (χ1v) is 6.01. The Labute approximate surface area is 101 Å². The zero-order chi connectivity index (χ0) is 11.8. The quantitative estimate of drug-likeness (QED) is 0.570. The second kappa shape index (κ2) is 7.41. The van der Waals surface area contributed by atoms with Gasteiger partial charge in [0.2, 0.25) is 0 Å². The third kappa shape index (κ3) is 3.94.